The molecular weight excluding hydrogens is 398 g/mol. The second-order valence-corrected chi connectivity index (χ2v) is 8.76. The Morgan fingerprint density at radius 3 is 2.31 bits per heavy atom. The van der Waals surface area contributed by atoms with Crippen LogP contribution in [-0.4, -0.2) is 26.9 Å². The molecule has 0 saturated carbocycles. The van der Waals surface area contributed by atoms with Crippen LogP contribution >= 0.6 is 0 Å². The zero-order valence-corrected chi connectivity index (χ0v) is 20.0. The minimum atomic E-state index is -0.274. The quantitative estimate of drug-likeness (QED) is 0.436. The van der Waals surface area contributed by atoms with Gasteiger partial charge in [0.25, 0.3) is 5.56 Å². The van der Waals surface area contributed by atoms with Crippen LogP contribution in [0.4, 0.5) is 0 Å². The fraction of sp³-hybridized carbons (Fsp3) is 0.444. The van der Waals surface area contributed by atoms with Gasteiger partial charge in [-0.25, -0.2) is 4.98 Å². The van der Waals surface area contributed by atoms with Crippen LogP contribution in [0.25, 0.3) is 16.6 Å². The Labute approximate surface area is 191 Å². The van der Waals surface area contributed by atoms with E-state index in [2.05, 4.69) is 46.8 Å². The molecule has 0 radical (unpaired) electrons. The lowest BCUT2D eigenvalue weighted by Crippen LogP contribution is -2.39. The van der Waals surface area contributed by atoms with E-state index in [0.29, 0.717) is 36.1 Å². The van der Waals surface area contributed by atoms with E-state index in [1.54, 1.807) is 4.57 Å². The van der Waals surface area contributed by atoms with Gasteiger partial charge in [-0.15, -0.1) is 0 Å². The van der Waals surface area contributed by atoms with E-state index >= 15 is 0 Å². The van der Waals surface area contributed by atoms with Gasteiger partial charge in [-0.2, -0.15) is 0 Å². The molecule has 1 aromatic heterocycles. The predicted molar refractivity (Wildman–Crippen MR) is 131 cm³/mol. The van der Waals surface area contributed by atoms with E-state index in [1.165, 1.54) is 5.56 Å². The smallest absolute Gasteiger partial charge is 0.266 e. The van der Waals surface area contributed by atoms with E-state index in [4.69, 9.17) is 4.98 Å². The molecule has 1 atom stereocenters. The Morgan fingerprint density at radius 2 is 1.72 bits per heavy atom. The highest BCUT2D eigenvalue weighted by atomic mass is 16.2. The van der Waals surface area contributed by atoms with Gasteiger partial charge in [-0.1, -0.05) is 58.9 Å². The molecular formula is C27H35N3O2. The number of fused-ring (bicyclic) bond motifs is 1. The fourth-order valence-electron chi connectivity index (χ4n) is 4.21. The predicted octanol–water partition coefficient (Wildman–Crippen LogP) is 5.68. The van der Waals surface area contributed by atoms with Crippen molar-refractivity contribution in [1.29, 1.82) is 0 Å². The molecule has 0 unspecified atom stereocenters. The van der Waals surface area contributed by atoms with Crippen molar-refractivity contribution in [3.05, 3.63) is 70.3 Å². The number of carbonyl (C=O) groups excluding carboxylic acids is 1. The van der Waals surface area contributed by atoms with E-state index in [0.717, 1.165) is 18.5 Å². The van der Waals surface area contributed by atoms with Crippen molar-refractivity contribution >= 4 is 16.8 Å². The zero-order valence-electron chi connectivity index (χ0n) is 20.0. The van der Waals surface area contributed by atoms with Gasteiger partial charge in [0, 0.05) is 13.0 Å². The van der Waals surface area contributed by atoms with Crippen LogP contribution in [0.5, 0.6) is 0 Å². The average Bonchev–Trinajstić information content (AvgIpc) is 2.79. The highest BCUT2D eigenvalue weighted by Gasteiger charge is 2.28. The van der Waals surface area contributed by atoms with Gasteiger partial charge in [-0.3, -0.25) is 14.2 Å². The summed E-state index contributed by atoms with van der Waals surface area (Å²) in [6, 6.07) is 15.2. The SMILES string of the molecule is CCCN(C(=O)CC(C)C)[C@@H](CC)c1nc2ccccc2c(=O)n1-c1ccc(CC)cc1. The minimum Gasteiger partial charge on any atom is -0.333 e. The monoisotopic (exact) mass is 433 g/mol. The maximum atomic E-state index is 13.7. The molecule has 5 heteroatoms. The van der Waals surface area contributed by atoms with E-state index in [9.17, 15) is 9.59 Å². The molecule has 0 spiro atoms. The topological polar surface area (TPSA) is 55.2 Å². The molecule has 0 aliphatic heterocycles. The van der Waals surface area contributed by atoms with E-state index in [1.807, 2.05) is 41.3 Å². The van der Waals surface area contributed by atoms with E-state index in [-0.39, 0.29) is 23.4 Å². The number of hydrogen-bond acceptors (Lipinski definition) is 3. The first-order valence-electron chi connectivity index (χ1n) is 11.8. The van der Waals surface area contributed by atoms with Crippen molar-refractivity contribution in [1.82, 2.24) is 14.5 Å². The lowest BCUT2D eigenvalue weighted by Gasteiger charge is -2.32. The van der Waals surface area contributed by atoms with Crippen LogP contribution < -0.4 is 5.56 Å². The Bertz CT molecular complexity index is 1120. The number of carbonyl (C=O) groups is 1. The number of benzene rings is 2. The van der Waals surface area contributed by atoms with Crippen LogP contribution in [0, 0.1) is 5.92 Å². The van der Waals surface area contributed by atoms with Crippen molar-refractivity contribution in [2.24, 2.45) is 5.92 Å². The third-order valence-corrected chi connectivity index (χ3v) is 5.83. The summed E-state index contributed by atoms with van der Waals surface area (Å²) < 4.78 is 1.71. The molecule has 0 fully saturated rings. The average molecular weight is 434 g/mol. The van der Waals surface area contributed by atoms with Crippen molar-refractivity contribution in [2.75, 3.05) is 6.54 Å². The molecule has 1 heterocycles. The minimum absolute atomic E-state index is 0.0962. The van der Waals surface area contributed by atoms with Gasteiger partial charge < -0.3 is 4.90 Å². The number of nitrogens with zero attached hydrogens (tertiary/aromatic N) is 3. The van der Waals surface area contributed by atoms with Crippen LogP contribution in [0.3, 0.4) is 0 Å². The molecule has 5 nitrogen and oxygen atoms in total. The molecule has 32 heavy (non-hydrogen) atoms. The fourth-order valence-corrected chi connectivity index (χ4v) is 4.21. The van der Waals surface area contributed by atoms with Gasteiger partial charge in [-0.05, 0) is 55.0 Å². The first-order valence-corrected chi connectivity index (χ1v) is 11.8. The van der Waals surface area contributed by atoms with Crippen LogP contribution in [0.1, 0.15) is 71.3 Å². The lowest BCUT2D eigenvalue weighted by molar-refractivity contribution is -0.134. The third-order valence-electron chi connectivity index (χ3n) is 5.83. The number of hydrogen-bond donors (Lipinski definition) is 0. The molecule has 170 valence electrons. The molecule has 1 amide bonds. The summed E-state index contributed by atoms with van der Waals surface area (Å²) in [7, 11) is 0. The van der Waals surface area contributed by atoms with Crippen molar-refractivity contribution in [3.8, 4) is 5.69 Å². The molecule has 3 rings (SSSR count). The van der Waals surface area contributed by atoms with Crippen LogP contribution in [0.2, 0.25) is 0 Å². The number of para-hydroxylation sites is 1. The van der Waals surface area contributed by atoms with Crippen LogP contribution in [0.15, 0.2) is 53.3 Å². The summed E-state index contributed by atoms with van der Waals surface area (Å²) in [5.41, 5.74) is 2.57. The Morgan fingerprint density at radius 1 is 1.03 bits per heavy atom. The lowest BCUT2D eigenvalue weighted by atomic mass is 10.1. The van der Waals surface area contributed by atoms with Crippen LogP contribution in [-0.2, 0) is 11.2 Å². The third kappa shape index (κ3) is 4.93. The Balaban J connectivity index is 2.25. The van der Waals surface area contributed by atoms with Crippen molar-refractivity contribution < 1.29 is 4.79 Å². The zero-order chi connectivity index (χ0) is 23.3. The number of amides is 1. The van der Waals surface area contributed by atoms with E-state index < -0.39 is 0 Å². The second kappa shape index (κ2) is 10.6. The summed E-state index contributed by atoms with van der Waals surface area (Å²) in [5.74, 6) is 1.02. The first-order chi connectivity index (χ1) is 15.4. The molecule has 0 aliphatic carbocycles. The first kappa shape index (κ1) is 23.7. The van der Waals surface area contributed by atoms with Gasteiger partial charge >= 0.3 is 0 Å². The summed E-state index contributed by atoms with van der Waals surface area (Å²) >= 11 is 0. The highest BCUT2D eigenvalue weighted by molar-refractivity contribution is 5.79. The summed E-state index contributed by atoms with van der Waals surface area (Å²) in [6.07, 6.45) is 2.95. The van der Waals surface area contributed by atoms with Gasteiger partial charge in [0.1, 0.15) is 5.82 Å². The number of aryl methyl sites for hydroxylation is 1. The van der Waals surface area contributed by atoms with Crippen molar-refractivity contribution in [2.45, 2.75) is 66.3 Å². The Hall–Kier alpha value is -2.95. The summed E-state index contributed by atoms with van der Waals surface area (Å²) in [6.45, 7) is 11.0. The molecule has 0 saturated heterocycles. The molecule has 0 N–H and O–H groups in total. The maximum absolute atomic E-state index is 13.7. The van der Waals surface area contributed by atoms with Crippen molar-refractivity contribution in [3.63, 3.8) is 0 Å². The largest absolute Gasteiger partial charge is 0.333 e. The van der Waals surface area contributed by atoms with Gasteiger partial charge in [0.15, 0.2) is 0 Å². The molecule has 0 bridgehead atoms. The van der Waals surface area contributed by atoms with Gasteiger partial charge in [0.05, 0.1) is 22.6 Å². The highest BCUT2D eigenvalue weighted by Crippen LogP contribution is 2.27. The maximum Gasteiger partial charge on any atom is 0.266 e. The number of aromatic nitrogens is 2. The Kier molecular flexibility index (Phi) is 7.84. The second-order valence-electron chi connectivity index (χ2n) is 8.76. The normalized spacial score (nSPS) is 12.3. The summed E-state index contributed by atoms with van der Waals surface area (Å²) in [5, 5.41) is 0.584. The number of rotatable bonds is 9. The molecule has 0 aliphatic rings. The standard InChI is InChI=1S/C27H35N3O2/c1-6-17-29(25(31)18-19(4)5)24(8-3)26-28-23-12-10-9-11-22(23)27(32)30(26)21-15-13-20(7-2)14-16-21/h9-16,19,24H,6-8,17-18H2,1-5H3/t24-/m0/s1. The molecule has 3 aromatic rings. The summed E-state index contributed by atoms with van der Waals surface area (Å²) in [4.78, 5) is 33.8. The molecule has 2 aromatic carbocycles. The van der Waals surface area contributed by atoms with Gasteiger partial charge in [0.2, 0.25) is 5.91 Å².